The molecule has 0 aliphatic carbocycles. The Morgan fingerprint density at radius 1 is 1.26 bits per heavy atom. The van der Waals surface area contributed by atoms with Gasteiger partial charge in [0, 0.05) is 18.3 Å². The molecule has 2 aromatic rings. The summed E-state index contributed by atoms with van der Waals surface area (Å²) in [5.41, 5.74) is 1.85. The minimum absolute atomic E-state index is 0.0514. The van der Waals surface area contributed by atoms with Crippen LogP contribution in [0.3, 0.4) is 0 Å². The number of hydrogen-bond acceptors (Lipinski definition) is 4. The van der Waals surface area contributed by atoms with Crippen molar-refractivity contribution < 1.29 is 4.92 Å². The van der Waals surface area contributed by atoms with Gasteiger partial charge in [-0.2, -0.15) is 0 Å². The van der Waals surface area contributed by atoms with E-state index in [1.54, 1.807) is 19.2 Å². The average molecular weight is 257 g/mol. The Balaban J connectivity index is 2.04. The predicted molar refractivity (Wildman–Crippen MR) is 74.3 cm³/mol. The van der Waals surface area contributed by atoms with E-state index in [0.29, 0.717) is 17.9 Å². The van der Waals surface area contributed by atoms with E-state index in [2.05, 4.69) is 10.3 Å². The van der Waals surface area contributed by atoms with Crippen molar-refractivity contribution in [2.45, 2.75) is 13.3 Å². The van der Waals surface area contributed by atoms with Crippen LogP contribution < -0.4 is 5.32 Å². The van der Waals surface area contributed by atoms with Crippen LogP contribution in [0.4, 0.5) is 11.5 Å². The molecule has 0 unspecified atom stereocenters. The maximum Gasteiger partial charge on any atom is 0.314 e. The van der Waals surface area contributed by atoms with Crippen LogP contribution in [0.1, 0.15) is 11.1 Å². The van der Waals surface area contributed by atoms with Crippen molar-refractivity contribution >= 4 is 11.5 Å². The van der Waals surface area contributed by atoms with Gasteiger partial charge in [0.05, 0.1) is 4.92 Å². The van der Waals surface area contributed by atoms with Gasteiger partial charge in [0.15, 0.2) is 0 Å². The van der Waals surface area contributed by atoms with Gasteiger partial charge in [-0.1, -0.05) is 30.3 Å². The number of nitrogens with one attached hydrogen (secondary N) is 1. The lowest BCUT2D eigenvalue weighted by molar-refractivity contribution is -0.384. The van der Waals surface area contributed by atoms with Gasteiger partial charge >= 0.3 is 5.69 Å². The van der Waals surface area contributed by atoms with Crippen LogP contribution in [0.2, 0.25) is 0 Å². The van der Waals surface area contributed by atoms with Crippen LogP contribution in [0.5, 0.6) is 0 Å². The standard InChI is InChI=1S/C14H15N3O2/c1-11-7-9-15-14(13(11)17(18)19)16-10-8-12-5-3-2-4-6-12/h2-7,9H,8,10H2,1H3,(H,15,16). The summed E-state index contributed by atoms with van der Waals surface area (Å²) >= 11 is 0. The topological polar surface area (TPSA) is 68.1 Å². The van der Waals surface area contributed by atoms with Gasteiger partial charge in [-0.15, -0.1) is 0 Å². The SMILES string of the molecule is Cc1ccnc(NCCc2ccccc2)c1[N+](=O)[O-]. The zero-order valence-electron chi connectivity index (χ0n) is 10.7. The van der Waals surface area contributed by atoms with Gasteiger partial charge in [0.25, 0.3) is 0 Å². The Bertz CT molecular complexity index is 570. The van der Waals surface area contributed by atoms with Gasteiger partial charge in [-0.25, -0.2) is 4.98 Å². The van der Waals surface area contributed by atoms with Crippen LogP contribution in [0.25, 0.3) is 0 Å². The highest BCUT2D eigenvalue weighted by molar-refractivity contribution is 5.59. The summed E-state index contributed by atoms with van der Waals surface area (Å²) in [6.07, 6.45) is 2.38. The highest BCUT2D eigenvalue weighted by Gasteiger charge is 2.17. The molecule has 0 aliphatic heterocycles. The second-order valence-corrected chi connectivity index (χ2v) is 4.24. The molecule has 0 bridgehead atoms. The molecule has 98 valence electrons. The molecule has 5 heteroatoms. The fourth-order valence-corrected chi connectivity index (χ4v) is 1.88. The van der Waals surface area contributed by atoms with Crippen LogP contribution >= 0.6 is 0 Å². The number of benzene rings is 1. The van der Waals surface area contributed by atoms with Crippen molar-refractivity contribution in [2.75, 3.05) is 11.9 Å². The summed E-state index contributed by atoms with van der Waals surface area (Å²) < 4.78 is 0. The zero-order valence-corrected chi connectivity index (χ0v) is 10.7. The third kappa shape index (κ3) is 3.28. The molecular weight excluding hydrogens is 242 g/mol. The van der Waals surface area contributed by atoms with E-state index in [4.69, 9.17) is 0 Å². The molecule has 0 saturated heterocycles. The summed E-state index contributed by atoms with van der Waals surface area (Å²) in [6, 6.07) is 11.6. The second-order valence-electron chi connectivity index (χ2n) is 4.24. The summed E-state index contributed by atoms with van der Waals surface area (Å²) in [5.74, 6) is 0.334. The Morgan fingerprint density at radius 2 is 2.00 bits per heavy atom. The fraction of sp³-hybridized carbons (Fsp3) is 0.214. The molecule has 19 heavy (non-hydrogen) atoms. The van der Waals surface area contributed by atoms with Crippen LogP contribution in [-0.2, 0) is 6.42 Å². The highest BCUT2D eigenvalue weighted by Crippen LogP contribution is 2.25. The van der Waals surface area contributed by atoms with Crippen molar-refractivity contribution in [1.82, 2.24) is 4.98 Å². The van der Waals surface area contributed by atoms with Crippen LogP contribution in [0.15, 0.2) is 42.6 Å². The summed E-state index contributed by atoms with van der Waals surface area (Å²) in [4.78, 5) is 14.6. The summed E-state index contributed by atoms with van der Waals surface area (Å²) in [7, 11) is 0. The number of nitro groups is 1. The van der Waals surface area contributed by atoms with Gasteiger partial charge in [0.1, 0.15) is 0 Å². The molecule has 0 aliphatic rings. The maximum atomic E-state index is 11.0. The number of pyridine rings is 1. The molecule has 0 saturated carbocycles. The number of nitrogens with zero attached hydrogens (tertiary/aromatic N) is 2. The monoisotopic (exact) mass is 257 g/mol. The predicted octanol–water partition coefficient (Wildman–Crippen LogP) is 2.95. The lowest BCUT2D eigenvalue weighted by atomic mass is 10.1. The van der Waals surface area contributed by atoms with E-state index in [9.17, 15) is 10.1 Å². The minimum Gasteiger partial charge on any atom is -0.364 e. The number of hydrogen-bond donors (Lipinski definition) is 1. The lowest BCUT2D eigenvalue weighted by Crippen LogP contribution is -2.09. The van der Waals surface area contributed by atoms with Gasteiger partial charge in [-0.05, 0) is 25.0 Å². The van der Waals surface area contributed by atoms with E-state index in [1.165, 1.54) is 5.56 Å². The Labute approximate surface area is 111 Å². The van der Waals surface area contributed by atoms with Crippen molar-refractivity contribution in [3.05, 3.63) is 63.8 Å². The largest absolute Gasteiger partial charge is 0.364 e. The third-order valence-electron chi connectivity index (χ3n) is 2.86. The highest BCUT2D eigenvalue weighted by atomic mass is 16.6. The number of aromatic nitrogens is 1. The molecule has 1 heterocycles. The number of rotatable bonds is 5. The Hall–Kier alpha value is -2.43. The number of anilines is 1. The molecule has 0 fully saturated rings. The molecular formula is C14H15N3O2. The molecule has 1 aromatic carbocycles. The van der Waals surface area contributed by atoms with Crippen molar-refractivity contribution in [2.24, 2.45) is 0 Å². The molecule has 5 nitrogen and oxygen atoms in total. The molecule has 0 spiro atoms. The van der Waals surface area contributed by atoms with Crippen LogP contribution in [0, 0.1) is 17.0 Å². The molecule has 0 amide bonds. The summed E-state index contributed by atoms with van der Waals surface area (Å²) in [6.45, 7) is 2.32. The van der Waals surface area contributed by atoms with E-state index in [-0.39, 0.29) is 5.69 Å². The first kappa shape index (κ1) is 13.0. The van der Waals surface area contributed by atoms with E-state index >= 15 is 0 Å². The molecule has 1 N–H and O–H groups in total. The first-order valence-corrected chi connectivity index (χ1v) is 6.06. The normalized spacial score (nSPS) is 10.2. The van der Waals surface area contributed by atoms with Crippen molar-refractivity contribution in [3.63, 3.8) is 0 Å². The van der Waals surface area contributed by atoms with Gasteiger partial charge in [0.2, 0.25) is 5.82 Å². The molecule has 0 atom stereocenters. The fourth-order valence-electron chi connectivity index (χ4n) is 1.88. The van der Waals surface area contributed by atoms with Crippen molar-refractivity contribution in [1.29, 1.82) is 0 Å². The molecule has 1 aromatic heterocycles. The quantitative estimate of drug-likeness (QED) is 0.660. The first-order chi connectivity index (χ1) is 9.18. The first-order valence-electron chi connectivity index (χ1n) is 6.06. The van der Waals surface area contributed by atoms with E-state index in [0.717, 1.165) is 6.42 Å². The van der Waals surface area contributed by atoms with E-state index < -0.39 is 4.92 Å². The van der Waals surface area contributed by atoms with Gasteiger partial charge in [-0.3, -0.25) is 10.1 Å². The lowest BCUT2D eigenvalue weighted by Gasteiger charge is -2.07. The van der Waals surface area contributed by atoms with Crippen LogP contribution in [-0.4, -0.2) is 16.5 Å². The Kier molecular flexibility index (Phi) is 4.07. The summed E-state index contributed by atoms with van der Waals surface area (Å²) in [5, 5.41) is 14.0. The van der Waals surface area contributed by atoms with Gasteiger partial charge < -0.3 is 5.32 Å². The second kappa shape index (κ2) is 5.95. The smallest absolute Gasteiger partial charge is 0.314 e. The maximum absolute atomic E-state index is 11.0. The Morgan fingerprint density at radius 3 is 2.68 bits per heavy atom. The van der Waals surface area contributed by atoms with E-state index in [1.807, 2.05) is 30.3 Å². The number of aryl methyl sites for hydroxylation is 1. The zero-order chi connectivity index (χ0) is 13.7. The molecule has 2 rings (SSSR count). The van der Waals surface area contributed by atoms with Crippen molar-refractivity contribution in [3.8, 4) is 0 Å². The average Bonchev–Trinajstić information content (AvgIpc) is 2.39. The third-order valence-corrected chi connectivity index (χ3v) is 2.86. The minimum atomic E-state index is -0.396. The molecule has 0 radical (unpaired) electrons.